The highest BCUT2D eigenvalue weighted by atomic mass is 16.5. The second kappa shape index (κ2) is 7.08. The average molecular weight is 342 g/mol. The van der Waals surface area contributed by atoms with E-state index in [0.29, 0.717) is 12.5 Å². The molecule has 2 heterocycles. The van der Waals surface area contributed by atoms with E-state index >= 15 is 0 Å². The molecule has 1 saturated heterocycles. The number of methoxy groups -OCH3 is 1. The van der Waals surface area contributed by atoms with Crippen molar-refractivity contribution in [1.29, 1.82) is 0 Å². The average Bonchev–Trinajstić information content (AvgIpc) is 3.31. The van der Waals surface area contributed by atoms with Crippen LogP contribution in [0.15, 0.2) is 24.4 Å². The molecular formula is C20H26N2O3. The largest absolute Gasteiger partial charge is 0.497 e. The summed E-state index contributed by atoms with van der Waals surface area (Å²) in [6.07, 6.45) is 8.07. The van der Waals surface area contributed by atoms with Gasteiger partial charge < -0.3 is 19.8 Å². The third kappa shape index (κ3) is 3.38. The topological polar surface area (TPSA) is 63.3 Å². The molecule has 4 rings (SSSR count). The smallest absolute Gasteiger partial charge is 0.249 e. The first-order valence-electron chi connectivity index (χ1n) is 9.31. The zero-order valence-corrected chi connectivity index (χ0v) is 14.7. The molecule has 1 unspecified atom stereocenters. The molecule has 2 aliphatic rings. The van der Waals surface area contributed by atoms with Crippen molar-refractivity contribution in [3.8, 4) is 5.75 Å². The summed E-state index contributed by atoms with van der Waals surface area (Å²) in [5, 5.41) is 4.46. The molecular weight excluding hydrogens is 316 g/mol. The van der Waals surface area contributed by atoms with Crippen molar-refractivity contribution in [2.75, 3.05) is 13.7 Å². The number of carbonyl (C=O) groups is 1. The highest BCUT2D eigenvalue weighted by Gasteiger charge is 2.29. The number of hydrogen-bond donors (Lipinski definition) is 2. The summed E-state index contributed by atoms with van der Waals surface area (Å²) in [6.45, 7) is 0.711. The van der Waals surface area contributed by atoms with Crippen LogP contribution in [-0.4, -0.2) is 36.8 Å². The van der Waals surface area contributed by atoms with E-state index < -0.39 is 0 Å². The van der Waals surface area contributed by atoms with E-state index in [-0.39, 0.29) is 18.1 Å². The summed E-state index contributed by atoms with van der Waals surface area (Å²) in [7, 11) is 1.70. The Morgan fingerprint density at radius 2 is 2.20 bits per heavy atom. The zero-order valence-electron chi connectivity index (χ0n) is 14.7. The van der Waals surface area contributed by atoms with E-state index in [4.69, 9.17) is 9.47 Å². The van der Waals surface area contributed by atoms with E-state index in [2.05, 4.69) is 28.6 Å². The molecule has 2 fully saturated rings. The fourth-order valence-corrected chi connectivity index (χ4v) is 4.27. The van der Waals surface area contributed by atoms with Gasteiger partial charge in [-0.2, -0.15) is 0 Å². The molecule has 1 saturated carbocycles. The third-order valence-corrected chi connectivity index (χ3v) is 5.60. The lowest BCUT2D eigenvalue weighted by atomic mass is 9.81. The summed E-state index contributed by atoms with van der Waals surface area (Å²) in [4.78, 5) is 15.7. The Balaban J connectivity index is 1.48. The first-order chi connectivity index (χ1) is 12.2. The van der Waals surface area contributed by atoms with Gasteiger partial charge in [-0.3, -0.25) is 4.79 Å². The SMILES string of the molecule is COc1ccc2[nH]cc([C@@H]3CCC[C@H](NC(=O)C4CCCO4)C3)c2c1. The number of carbonyl (C=O) groups excluding carboxylic acids is 1. The van der Waals surface area contributed by atoms with Gasteiger partial charge in [-0.05, 0) is 61.8 Å². The minimum atomic E-state index is -0.238. The second-order valence-corrected chi connectivity index (χ2v) is 7.23. The standard InChI is InChI=1S/C20H26N2O3/c1-24-15-7-8-18-16(11-15)17(12-21-18)13-4-2-5-14(10-13)22-20(23)19-6-3-9-25-19/h7-8,11-14,19,21H,2-6,9-10H2,1H3,(H,22,23)/t13-,14+,19?/m1/s1. The van der Waals surface area contributed by atoms with Crippen LogP contribution >= 0.6 is 0 Å². The molecule has 25 heavy (non-hydrogen) atoms. The number of H-pyrrole nitrogens is 1. The zero-order chi connectivity index (χ0) is 17.2. The Labute approximate surface area is 148 Å². The van der Waals surface area contributed by atoms with Crippen LogP contribution in [0.2, 0.25) is 0 Å². The van der Waals surface area contributed by atoms with Gasteiger partial charge in [0.2, 0.25) is 5.91 Å². The van der Waals surface area contributed by atoms with E-state index in [0.717, 1.165) is 49.8 Å². The normalized spacial score (nSPS) is 26.7. The summed E-state index contributed by atoms with van der Waals surface area (Å²) in [5.41, 5.74) is 2.48. The molecule has 1 aromatic carbocycles. The van der Waals surface area contributed by atoms with Crippen molar-refractivity contribution in [3.05, 3.63) is 30.0 Å². The maximum atomic E-state index is 12.3. The third-order valence-electron chi connectivity index (χ3n) is 5.60. The molecule has 1 aromatic heterocycles. The predicted octanol–water partition coefficient (Wildman–Crippen LogP) is 3.50. The van der Waals surface area contributed by atoms with Gasteiger partial charge in [0.05, 0.1) is 7.11 Å². The number of amides is 1. The maximum absolute atomic E-state index is 12.3. The Hall–Kier alpha value is -2.01. The number of aromatic amines is 1. The Bertz CT molecular complexity index is 748. The number of fused-ring (bicyclic) bond motifs is 1. The van der Waals surface area contributed by atoms with Crippen molar-refractivity contribution in [1.82, 2.24) is 10.3 Å². The lowest BCUT2D eigenvalue weighted by Crippen LogP contribution is -2.43. The van der Waals surface area contributed by atoms with E-state index in [1.54, 1.807) is 7.11 Å². The minimum absolute atomic E-state index is 0.0729. The number of ether oxygens (including phenoxy) is 2. The number of rotatable bonds is 4. The molecule has 134 valence electrons. The Morgan fingerprint density at radius 3 is 3.00 bits per heavy atom. The molecule has 0 radical (unpaired) electrons. The predicted molar refractivity (Wildman–Crippen MR) is 97.0 cm³/mol. The van der Waals surface area contributed by atoms with Gasteiger partial charge in [-0.15, -0.1) is 0 Å². The van der Waals surface area contributed by atoms with Gasteiger partial charge in [0.25, 0.3) is 0 Å². The van der Waals surface area contributed by atoms with Crippen molar-refractivity contribution in [2.24, 2.45) is 0 Å². The van der Waals surface area contributed by atoms with Crippen LogP contribution in [0.5, 0.6) is 5.75 Å². The molecule has 2 aromatic rings. The van der Waals surface area contributed by atoms with Gasteiger partial charge in [-0.25, -0.2) is 0 Å². The number of benzene rings is 1. The van der Waals surface area contributed by atoms with Crippen molar-refractivity contribution < 1.29 is 14.3 Å². The Kier molecular flexibility index (Phi) is 4.66. The lowest BCUT2D eigenvalue weighted by Gasteiger charge is -2.30. The van der Waals surface area contributed by atoms with Crippen molar-refractivity contribution >= 4 is 16.8 Å². The van der Waals surface area contributed by atoms with E-state index in [1.165, 1.54) is 10.9 Å². The van der Waals surface area contributed by atoms with Gasteiger partial charge in [-0.1, -0.05) is 6.42 Å². The lowest BCUT2D eigenvalue weighted by molar-refractivity contribution is -0.131. The highest BCUT2D eigenvalue weighted by molar-refractivity contribution is 5.85. The summed E-state index contributed by atoms with van der Waals surface area (Å²) in [5.74, 6) is 1.42. The summed E-state index contributed by atoms with van der Waals surface area (Å²) < 4.78 is 10.9. The van der Waals surface area contributed by atoms with Gasteiger partial charge in [0.15, 0.2) is 0 Å². The van der Waals surface area contributed by atoms with Crippen molar-refractivity contribution in [3.63, 3.8) is 0 Å². The highest BCUT2D eigenvalue weighted by Crippen LogP contribution is 2.37. The number of aromatic nitrogens is 1. The quantitative estimate of drug-likeness (QED) is 0.894. The molecule has 0 bridgehead atoms. The van der Waals surface area contributed by atoms with Gasteiger partial charge in [0.1, 0.15) is 11.9 Å². The molecule has 5 heteroatoms. The number of nitrogens with one attached hydrogen (secondary N) is 2. The Morgan fingerprint density at radius 1 is 1.28 bits per heavy atom. The monoisotopic (exact) mass is 342 g/mol. The van der Waals surface area contributed by atoms with Crippen LogP contribution in [0.25, 0.3) is 10.9 Å². The molecule has 0 spiro atoms. The van der Waals surface area contributed by atoms with Crippen LogP contribution in [0.1, 0.15) is 50.0 Å². The van der Waals surface area contributed by atoms with Crippen LogP contribution in [0.3, 0.4) is 0 Å². The summed E-state index contributed by atoms with van der Waals surface area (Å²) in [6, 6.07) is 6.40. The van der Waals surface area contributed by atoms with Crippen LogP contribution in [-0.2, 0) is 9.53 Å². The number of hydrogen-bond acceptors (Lipinski definition) is 3. The first-order valence-corrected chi connectivity index (χ1v) is 9.31. The van der Waals surface area contributed by atoms with Crippen LogP contribution in [0, 0.1) is 0 Å². The minimum Gasteiger partial charge on any atom is -0.497 e. The fraction of sp³-hybridized carbons (Fsp3) is 0.550. The molecule has 2 N–H and O–H groups in total. The maximum Gasteiger partial charge on any atom is 0.249 e. The molecule has 1 aliphatic carbocycles. The summed E-state index contributed by atoms with van der Waals surface area (Å²) >= 11 is 0. The molecule has 3 atom stereocenters. The van der Waals surface area contributed by atoms with Gasteiger partial charge in [0, 0.05) is 29.7 Å². The van der Waals surface area contributed by atoms with Crippen LogP contribution in [0.4, 0.5) is 0 Å². The van der Waals surface area contributed by atoms with E-state index in [1.807, 2.05) is 6.07 Å². The first kappa shape index (κ1) is 16.5. The fourth-order valence-electron chi connectivity index (χ4n) is 4.27. The molecule has 1 amide bonds. The van der Waals surface area contributed by atoms with Gasteiger partial charge >= 0.3 is 0 Å². The van der Waals surface area contributed by atoms with Crippen molar-refractivity contribution in [2.45, 2.75) is 56.6 Å². The molecule has 1 aliphatic heterocycles. The van der Waals surface area contributed by atoms with Crippen LogP contribution < -0.4 is 10.1 Å². The molecule has 5 nitrogen and oxygen atoms in total. The second-order valence-electron chi connectivity index (χ2n) is 7.23. The van der Waals surface area contributed by atoms with E-state index in [9.17, 15) is 4.79 Å².